The molecular weight excluding hydrogens is 328 g/mol. The Balaban J connectivity index is 1.54. The number of carbonyl (C=O) groups is 2. The van der Waals surface area contributed by atoms with Gasteiger partial charge in [0.05, 0.1) is 5.02 Å². The van der Waals surface area contributed by atoms with E-state index in [1.54, 1.807) is 22.1 Å². The molecule has 6 nitrogen and oxygen atoms in total. The van der Waals surface area contributed by atoms with Gasteiger partial charge in [0.25, 0.3) is 5.91 Å². The Morgan fingerprint density at radius 2 is 1.83 bits per heavy atom. The lowest BCUT2D eigenvalue weighted by molar-refractivity contribution is 0.0666. The van der Waals surface area contributed by atoms with E-state index in [-0.39, 0.29) is 11.9 Å². The molecule has 0 aliphatic carbocycles. The molecule has 24 heavy (non-hydrogen) atoms. The molecule has 7 heteroatoms. The summed E-state index contributed by atoms with van der Waals surface area (Å²) in [6, 6.07) is 9.14. The van der Waals surface area contributed by atoms with Gasteiger partial charge in [-0.05, 0) is 30.7 Å². The number of aromatic amines is 1. The van der Waals surface area contributed by atoms with Crippen molar-refractivity contribution in [1.29, 1.82) is 0 Å². The molecule has 0 spiro atoms. The normalized spacial score (nSPS) is 14.6. The molecule has 2 aromatic rings. The van der Waals surface area contributed by atoms with E-state index in [0.29, 0.717) is 36.9 Å². The first kappa shape index (κ1) is 16.4. The number of aromatic nitrogens is 1. The summed E-state index contributed by atoms with van der Waals surface area (Å²) in [6.45, 7) is 3.97. The number of hydrogen-bond donors (Lipinski definition) is 2. The Morgan fingerprint density at radius 3 is 2.46 bits per heavy atom. The van der Waals surface area contributed by atoms with E-state index >= 15 is 0 Å². The summed E-state index contributed by atoms with van der Waals surface area (Å²) >= 11 is 5.83. The molecule has 1 saturated heterocycles. The minimum Gasteiger partial charge on any atom is -0.356 e. The number of nitrogens with one attached hydrogen (secondary N) is 2. The molecule has 3 amide bonds. The second-order valence-corrected chi connectivity index (χ2v) is 6.25. The molecule has 1 aromatic carbocycles. The fraction of sp³-hybridized carbons (Fsp3) is 0.294. The standard InChI is InChI=1S/C17H19ClN4O2/c1-12-3-2-4-14(9-12)20-17(24)22-7-5-21(6-8-22)16(23)15-10-13(18)11-19-15/h2-4,9-11,19H,5-8H2,1H3,(H,20,24). The van der Waals surface area contributed by atoms with Crippen molar-refractivity contribution in [3.8, 4) is 0 Å². The van der Waals surface area contributed by atoms with Gasteiger partial charge in [-0.25, -0.2) is 4.79 Å². The third-order valence-electron chi connectivity index (χ3n) is 4.00. The topological polar surface area (TPSA) is 68.4 Å². The van der Waals surface area contributed by atoms with E-state index in [0.717, 1.165) is 11.3 Å². The number of urea groups is 1. The van der Waals surface area contributed by atoms with Crippen LogP contribution in [0.1, 0.15) is 16.1 Å². The zero-order valence-corrected chi connectivity index (χ0v) is 14.1. The summed E-state index contributed by atoms with van der Waals surface area (Å²) in [7, 11) is 0. The van der Waals surface area contributed by atoms with Crippen LogP contribution < -0.4 is 5.32 Å². The van der Waals surface area contributed by atoms with Crippen molar-refractivity contribution in [3.05, 3.63) is 52.8 Å². The smallest absolute Gasteiger partial charge is 0.321 e. The van der Waals surface area contributed by atoms with E-state index in [1.165, 1.54) is 0 Å². The number of nitrogens with zero attached hydrogens (tertiary/aromatic N) is 2. The van der Waals surface area contributed by atoms with Crippen LogP contribution in [0.4, 0.5) is 10.5 Å². The highest BCUT2D eigenvalue weighted by molar-refractivity contribution is 6.30. The molecule has 1 aromatic heterocycles. The highest BCUT2D eigenvalue weighted by atomic mass is 35.5. The summed E-state index contributed by atoms with van der Waals surface area (Å²) in [4.78, 5) is 30.9. The first-order valence-electron chi connectivity index (χ1n) is 7.79. The molecular formula is C17H19ClN4O2. The number of amides is 3. The van der Waals surface area contributed by atoms with Crippen LogP contribution in [0.25, 0.3) is 0 Å². The number of rotatable bonds is 2. The fourth-order valence-electron chi connectivity index (χ4n) is 2.70. The Hall–Kier alpha value is -2.47. The van der Waals surface area contributed by atoms with Gasteiger partial charge < -0.3 is 20.1 Å². The van der Waals surface area contributed by atoms with Gasteiger partial charge in [0.1, 0.15) is 5.69 Å². The number of piperazine rings is 1. The molecule has 0 saturated carbocycles. The van der Waals surface area contributed by atoms with E-state index in [9.17, 15) is 9.59 Å². The van der Waals surface area contributed by atoms with E-state index in [2.05, 4.69) is 10.3 Å². The van der Waals surface area contributed by atoms with Crippen LogP contribution in [-0.4, -0.2) is 52.9 Å². The molecule has 2 N–H and O–H groups in total. The third-order valence-corrected chi connectivity index (χ3v) is 4.22. The summed E-state index contributed by atoms with van der Waals surface area (Å²) in [5.74, 6) is -0.0966. The number of carbonyl (C=O) groups excluding carboxylic acids is 2. The maximum absolute atomic E-state index is 12.3. The Kier molecular flexibility index (Phi) is 4.76. The van der Waals surface area contributed by atoms with Crippen molar-refractivity contribution >= 4 is 29.2 Å². The SMILES string of the molecule is Cc1cccc(NC(=O)N2CCN(C(=O)c3cc(Cl)c[nH]3)CC2)c1. The average Bonchev–Trinajstić information content (AvgIpc) is 3.01. The lowest BCUT2D eigenvalue weighted by Crippen LogP contribution is -2.51. The minimum atomic E-state index is -0.143. The van der Waals surface area contributed by atoms with Crippen molar-refractivity contribution in [3.63, 3.8) is 0 Å². The molecule has 1 aliphatic rings. The second-order valence-electron chi connectivity index (χ2n) is 5.81. The minimum absolute atomic E-state index is 0.0966. The molecule has 126 valence electrons. The molecule has 0 bridgehead atoms. The van der Waals surface area contributed by atoms with Gasteiger partial charge in [-0.1, -0.05) is 23.7 Å². The fourth-order valence-corrected chi connectivity index (χ4v) is 2.86. The van der Waals surface area contributed by atoms with Crippen LogP contribution in [0.15, 0.2) is 36.5 Å². The van der Waals surface area contributed by atoms with Gasteiger partial charge in [-0.3, -0.25) is 4.79 Å². The number of halogens is 1. The molecule has 0 radical (unpaired) electrons. The quantitative estimate of drug-likeness (QED) is 0.877. The lowest BCUT2D eigenvalue weighted by atomic mass is 10.2. The van der Waals surface area contributed by atoms with Crippen LogP contribution in [0, 0.1) is 6.92 Å². The van der Waals surface area contributed by atoms with Crippen molar-refractivity contribution in [2.24, 2.45) is 0 Å². The van der Waals surface area contributed by atoms with E-state index in [1.807, 2.05) is 31.2 Å². The molecule has 0 atom stereocenters. The van der Waals surface area contributed by atoms with Gasteiger partial charge in [-0.15, -0.1) is 0 Å². The number of benzene rings is 1. The lowest BCUT2D eigenvalue weighted by Gasteiger charge is -2.34. The maximum Gasteiger partial charge on any atom is 0.321 e. The van der Waals surface area contributed by atoms with Crippen molar-refractivity contribution in [2.75, 3.05) is 31.5 Å². The van der Waals surface area contributed by atoms with Gasteiger partial charge in [0.15, 0.2) is 0 Å². The molecule has 3 rings (SSSR count). The monoisotopic (exact) mass is 346 g/mol. The third kappa shape index (κ3) is 3.71. The van der Waals surface area contributed by atoms with Gasteiger partial charge in [0.2, 0.25) is 0 Å². The number of hydrogen-bond acceptors (Lipinski definition) is 2. The Morgan fingerprint density at radius 1 is 1.12 bits per heavy atom. The van der Waals surface area contributed by atoms with Gasteiger partial charge in [-0.2, -0.15) is 0 Å². The van der Waals surface area contributed by atoms with Crippen LogP contribution in [0.2, 0.25) is 5.02 Å². The largest absolute Gasteiger partial charge is 0.356 e. The van der Waals surface area contributed by atoms with Crippen molar-refractivity contribution in [2.45, 2.75) is 6.92 Å². The molecule has 0 unspecified atom stereocenters. The highest BCUT2D eigenvalue weighted by Gasteiger charge is 2.25. The maximum atomic E-state index is 12.3. The number of H-pyrrole nitrogens is 1. The van der Waals surface area contributed by atoms with Crippen molar-refractivity contribution in [1.82, 2.24) is 14.8 Å². The molecule has 1 fully saturated rings. The zero-order chi connectivity index (χ0) is 17.1. The van der Waals surface area contributed by atoms with Crippen LogP contribution >= 0.6 is 11.6 Å². The number of anilines is 1. The van der Waals surface area contributed by atoms with Gasteiger partial charge >= 0.3 is 6.03 Å². The van der Waals surface area contributed by atoms with Crippen LogP contribution in [0.5, 0.6) is 0 Å². The summed E-state index contributed by atoms with van der Waals surface area (Å²) in [5, 5.41) is 3.40. The summed E-state index contributed by atoms with van der Waals surface area (Å²) < 4.78 is 0. The predicted molar refractivity (Wildman–Crippen MR) is 93.5 cm³/mol. The second kappa shape index (κ2) is 6.97. The highest BCUT2D eigenvalue weighted by Crippen LogP contribution is 2.14. The van der Waals surface area contributed by atoms with Crippen LogP contribution in [0.3, 0.4) is 0 Å². The zero-order valence-electron chi connectivity index (χ0n) is 13.4. The molecule has 1 aliphatic heterocycles. The van der Waals surface area contributed by atoms with E-state index in [4.69, 9.17) is 11.6 Å². The molecule has 2 heterocycles. The van der Waals surface area contributed by atoms with E-state index < -0.39 is 0 Å². The van der Waals surface area contributed by atoms with Crippen LogP contribution in [-0.2, 0) is 0 Å². The predicted octanol–water partition coefficient (Wildman–Crippen LogP) is 2.97. The summed E-state index contributed by atoms with van der Waals surface area (Å²) in [6.07, 6.45) is 1.58. The summed E-state index contributed by atoms with van der Waals surface area (Å²) in [5.41, 5.74) is 2.34. The Bertz CT molecular complexity index is 751. The average molecular weight is 347 g/mol. The first-order chi connectivity index (χ1) is 11.5. The first-order valence-corrected chi connectivity index (χ1v) is 8.16. The number of aryl methyl sites for hydroxylation is 1. The van der Waals surface area contributed by atoms with Crippen molar-refractivity contribution < 1.29 is 9.59 Å². The Labute approximate surface area is 145 Å². The van der Waals surface area contributed by atoms with Gasteiger partial charge in [0, 0.05) is 38.1 Å².